The molecule has 1 heterocycles. The zero-order valence-corrected chi connectivity index (χ0v) is 14.7. The van der Waals surface area contributed by atoms with Crippen LogP contribution in [-0.2, 0) is 9.53 Å². The van der Waals surface area contributed by atoms with Crippen molar-refractivity contribution in [2.45, 2.75) is 52.9 Å². The molecule has 1 aliphatic heterocycles. The van der Waals surface area contributed by atoms with Gasteiger partial charge < -0.3 is 15.0 Å². The molecular formula is C17H33N3O2. The van der Waals surface area contributed by atoms with Gasteiger partial charge in [-0.15, -0.1) is 0 Å². The Kier molecular flexibility index (Phi) is 8.94. The second-order valence-electron chi connectivity index (χ2n) is 6.38. The lowest BCUT2D eigenvalue weighted by molar-refractivity contribution is -0.149. The van der Waals surface area contributed by atoms with E-state index in [0.29, 0.717) is 6.61 Å². The molecule has 0 amide bonds. The summed E-state index contributed by atoms with van der Waals surface area (Å²) in [5.41, 5.74) is 0. The number of ether oxygens (including phenoxy) is 1. The van der Waals surface area contributed by atoms with Crippen LogP contribution >= 0.6 is 0 Å². The molecule has 1 N–H and O–H groups in total. The third-order valence-electron chi connectivity index (χ3n) is 4.12. The fourth-order valence-electron chi connectivity index (χ4n) is 2.80. The summed E-state index contributed by atoms with van der Waals surface area (Å²) in [5.74, 6) is 1.76. The van der Waals surface area contributed by atoms with Gasteiger partial charge in [0.1, 0.15) is 0 Å². The summed E-state index contributed by atoms with van der Waals surface area (Å²) >= 11 is 0. The van der Waals surface area contributed by atoms with Crippen LogP contribution in [-0.4, -0.2) is 50.1 Å². The van der Waals surface area contributed by atoms with Crippen molar-refractivity contribution in [2.24, 2.45) is 16.8 Å². The van der Waals surface area contributed by atoms with Crippen LogP contribution in [0, 0.1) is 11.8 Å². The van der Waals surface area contributed by atoms with Gasteiger partial charge in [0.25, 0.3) is 0 Å². The number of nitrogens with zero attached hydrogens (tertiary/aromatic N) is 2. The van der Waals surface area contributed by atoms with Gasteiger partial charge in [-0.25, -0.2) is 0 Å². The van der Waals surface area contributed by atoms with Gasteiger partial charge in [0, 0.05) is 26.7 Å². The van der Waals surface area contributed by atoms with E-state index in [4.69, 9.17) is 4.74 Å². The van der Waals surface area contributed by atoms with Gasteiger partial charge in [-0.05, 0) is 32.1 Å². The van der Waals surface area contributed by atoms with Gasteiger partial charge in [0.15, 0.2) is 5.96 Å². The molecule has 0 atom stereocenters. The van der Waals surface area contributed by atoms with Crippen LogP contribution in [0.5, 0.6) is 0 Å². The van der Waals surface area contributed by atoms with Crippen LogP contribution in [0.3, 0.4) is 0 Å². The van der Waals surface area contributed by atoms with Crippen molar-refractivity contribution >= 4 is 11.9 Å². The Bertz CT molecular complexity index is 348. The van der Waals surface area contributed by atoms with Gasteiger partial charge in [-0.1, -0.05) is 26.7 Å². The van der Waals surface area contributed by atoms with Crippen LogP contribution < -0.4 is 5.32 Å². The van der Waals surface area contributed by atoms with Crippen molar-refractivity contribution in [3.05, 3.63) is 0 Å². The maximum atomic E-state index is 11.8. The molecule has 5 heteroatoms. The molecule has 1 rings (SSSR count). The number of unbranched alkanes of at least 4 members (excludes halogenated alkanes) is 1. The zero-order chi connectivity index (χ0) is 16.4. The lowest BCUT2D eigenvalue weighted by Gasteiger charge is -2.33. The van der Waals surface area contributed by atoms with Gasteiger partial charge in [-0.2, -0.15) is 0 Å². The van der Waals surface area contributed by atoms with Crippen molar-refractivity contribution in [2.75, 3.05) is 33.3 Å². The number of carbonyl (C=O) groups excluding carboxylic acids is 1. The Morgan fingerprint density at radius 2 is 2.00 bits per heavy atom. The summed E-state index contributed by atoms with van der Waals surface area (Å²) in [4.78, 5) is 18.4. The molecule has 1 saturated heterocycles. The quantitative estimate of drug-likeness (QED) is 0.340. The summed E-state index contributed by atoms with van der Waals surface area (Å²) in [6.07, 6.45) is 5.42. The Labute approximate surface area is 135 Å². The Morgan fingerprint density at radius 3 is 2.55 bits per heavy atom. The lowest BCUT2D eigenvalue weighted by atomic mass is 9.97. The molecule has 0 radical (unpaired) electrons. The molecule has 1 fully saturated rings. The van der Waals surface area contributed by atoms with E-state index < -0.39 is 0 Å². The Balaban J connectivity index is 2.27. The monoisotopic (exact) mass is 311 g/mol. The molecule has 0 aromatic heterocycles. The normalized spacial score (nSPS) is 17.0. The van der Waals surface area contributed by atoms with E-state index in [9.17, 15) is 4.79 Å². The zero-order valence-electron chi connectivity index (χ0n) is 14.7. The number of piperidine rings is 1. The molecular weight excluding hydrogens is 278 g/mol. The number of carbonyl (C=O) groups is 1. The minimum Gasteiger partial charge on any atom is -0.466 e. The highest BCUT2D eigenvalue weighted by Gasteiger charge is 2.27. The number of likely N-dealkylation sites (tertiary alicyclic amines) is 1. The molecule has 1 aliphatic rings. The fourth-order valence-corrected chi connectivity index (χ4v) is 2.80. The van der Waals surface area contributed by atoms with Crippen LogP contribution in [0.15, 0.2) is 4.99 Å². The number of rotatable bonds is 7. The molecule has 0 unspecified atom stereocenters. The van der Waals surface area contributed by atoms with E-state index in [1.807, 2.05) is 14.0 Å². The SMILES string of the molecule is CCOC(=O)C1CCN(C(=NC)NCCCCC(C)C)CC1. The standard InChI is InChI=1S/C17H33N3O2/c1-5-22-16(21)15-9-12-20(13-10-15)17(18-4)19-11-7-6-8-14(2)3/h14-15H,5-13H2,1-4H3,(H,18,19). The van der Waals surface area contributed by atoms with E-state index in [0.717, 1.165) is 44.4 Å². The number of esters is 1. The number of aliphatic imine (C=N–C) groups is 1. The van der Waals surface area contributed by atoms with E-state index in [1.54, 1.807) is 0 Å². The third kappa shape index (κ3) is 6.67. The van der Waals surface area contributed by atoms with Gasteiger partial charge >= 0.3 is 5.97 Å². The third-order valence-corrected chi connectivity index (χ3v) is 4.12. The highest BCUT2D eigenvalue weighted by atomic mass is 16.5. The average molecular weight is 311 g/mol. The highest BCUT2D eigenvalue weighted by Crippen LogP contribution is 2.18. The van der Waals surface area contributed by atoms with Crippen molar-refractivity contribution in [3.8, 4) is 0 Å². The van der Waals surface area contributed by atoms with Crippen LogP contribution in [0.2, 0.25) is 0 Å². The average Bonchev–Trinajstić information content (AvgIpc) is 2.51. The molecule has 0 bridgehead atoms. The van der Waals surface area contributed by atoms with Crippen molar-refractivity contribution in [3.63, 3.8) is 0 Å². The first kappa shape index (κ1) is 18.8. The number of nitrogens with one attached hydrogen (secondary N) is 1. The van der Waals surface area contributed by atoms with E-state index in [-0.39, 0.29) is 11.9 Å². The second kappa shape index (κ2) is 10.5. The first-order valence-corrected chi connectivity index (χ1v) is 8.70. The number of guanidine groups is 1. The smallest absolute Gasteiger partial charge is 0.309 e. The minimum atomic E-state index is -0.0428. The summed E-state index contributed by atoms with van der Waals surface area (Å²) in [5, 5.41) is 3.44. The first-order chi connectivity index (χ1) is 10.6. The van der Waals surface area contributed by atoms with E-state index in [1.165, 1.54) is 19.3 Å². The number of hydrogen-bond donors (Lipinski definition) is 1. The predicted molar refractivity (Wildman–Crippen MR) is 91.0 cm³/mol. The van der Waals surface area contributed by atoms with Crippen LogP contribution in [0.1, 0.15) is 52.9 Å². The molecule has 0 aliphatic carbocycles. The topological polar surface area (TPSA) is 53.9 Å². The summed E-state index contributed by atoms with van der Waals surface area (Å²) in [6.45, 7) is 9.57. The first-order valence-electron chi connectivity index (χ1n) is 8.70. The molecule has 0 aromatic rings. The summed E-state index contributed by atoms with van der Waals surface area (Å²) in [7, 11) is 1.83. The summed E-state index contributed by atoms with van der Waals surface area (Å²) in [6, 6.07) is 0. The van der Waals surface area contributed by atoms with Crippen molar-refractivity contribution < 1.29 is 9.53 Å². The molecule has 5 nitrogen and oxygen atoms in total. The molecule has 0 spiro atoms. The predicted octanol–water partition coefficient (Wildman–Crippen LogP) is 2.66. The fraction of sp³-hybridized carbons (Fsp3) is 0.882. The van der Waals surface area contributed by atoms with Gasteiger partial charge in [-0.3, -0.25) is 9.79 Å². The maximum Gasteiger partial charge on any atom is 0.309 e. The second-order valence-corrected chi connectivity index (χ2v) is 6.38. The maximum absolute atomic E-state index is 11.8. The molecule has 22 heavy (non-hydrogen) atoms. The Morgan fingerprint density at radius 1 is 1.32 bits per heavy atom. The van der Waals surface area contributed by atoms with Crippen molar-refractivity contribution in [1.82, 2.24) is 10.2 Å². The largest absolute Gasteiger partial charge is 0.466 e. The number of hydrogen-bond acceptors (Lipinski definition) is 3. The van der Waals surface area contributed by atoms with Crippen LogP contribution in [0.25, 0.3) is 0 Å². The lowest BCUT2D eigenvalue weighted by Crippen LogP contribution is -2.46. The summed E-state index contributed by atoms with van der Waals surface area (Å²) < 4.78 is 5.11. The highest BCUT2D eigenvalue weighted by molar-refractivity contribution is 5.80. The van der Waals surface area contributed by atoms with Crippen molar-refractivity contribution in [1.29, 1.82) is 0 Å². The molecule has 0 saturated carbocycles. The van der Waals surface area contributed by atoms with E-state index in [2.05, 4.69) is 29.1 Å². The molecule has 0 aromatic carbocycles. The van der Waals surface area contributed by atoms with Gasteiger partial charge in [0.05, 0.1) is 12.5 Å². The van der Waals surface area contributed by atoms with E-state index >= 15 is 0 Å². The Hall–Kier alpha value is -1.26. The van der Waals surface area contributed by atoms with Crippen LogP contribution in [0.4, 0.5) is 0 Å². The minimum absolute atomic E-state index is 0.0428. The van der Waals surface area contributed by atoms with Gasteiger partial charge in [0.2, 0.25) is 0 Å². The molecule has 128 valence electrons.